The van der Waals surface area contributed by atoms with E-state index >= 15 is 0 Å². The molecular formula is C17H23N5OS. The van der Waals surface area contributed by atoms with Crippen LogP contribution in [0.25, 0.3) is 0 Å². The smallest absolute Gasteiger partial charge is 0.230 e. The molecule has 0 spiro atoms. The zero-order chi connectivity index (χ0) is 16.8. The van der Waals surface area contributed by atoms with Gasteiger partial charge in [-0.05, 0) is 41.3 Å². The van der Waals surface area contributed by atoms with Gasteiger partial charge in [-0.25, -0.2) is 4.68 Å². The van der Waals surface area contributed by atoms with Crippen LogP contribution >= 0.6 is 11.8 Å². The molecule has 1 aromatic carbocycles. The molecule has 1 amide bonds. The van der Waals surface area contributed by atoms with Crippen molar-refractivity contribution in [1.29, 1.82) is 0 Å². The summed E-state index contributed by atoms with van der Waals surface area (Å²) < 4.78 is 1.90. The molecule has 24 heavy (non-hydrogen) atoms. The van der Waals surface area contributed by atoms with Crippen molar-refractivity contribution in [2.45, 2.75) is 56.8 Å². The van der Waals surface area contributed by atoms with Gasteiger partial charge >= 0.3 is 0 Å². The Balaban J connectivity index is 1.50. The largest absolute Gasteiger partial charge is 0.351 e. The number of rotatable bonds is 6. The Morgan fingerprint density at radius 3 is 2.88 bits per heavy atom. The van der Waals surface area contributed by atoms with Crippen LogP contribution in [0.4, 0.5) is 0 Å². The maximum absolute atomic E-state index is 12.1. The van der Waals surface area contributed by atoms with Crippen LogP contribution in [0.5, 0.6) is 0 Å². The van der Waals surface area contributed by atoms with Gasteiger partial charge in [-0.3, -0.25) is 4.79 Å². The molecule has 6 nitrogen and oxygen atoms in total. The van der Waals surface area contributed by atoms with Gasteiger partial charge in [0.05, 0.1) is 11.8 Å². The number of nitrogens with zero attached hydrogens (tertiary/aromatic N) is 4. The number of nitrogens with one attached hydrogen (secondary N) is 1. The molecule has 2 aromatic rings. The van der Waals surface area contributed by atoms with Crippen molar-refractivity contribution in [2.24, 2.45) is 0 Å². The summed E-state index contributed by atoms with van der Waals surface area (Å²) in [5.41, 5.74) is 2.33. The van der Waals surface area contributed by atoms with Gasteiger partial charge in [0.15, 0.2) is 0 Å². The number of tetrazole rings is 1. The summed E-state index contributed by atoms with van der Waals surface area (Å²) in [7, 11) is 0. The first kappa shape index (κ1) is 17.0. The Labute approximate surface area is 146 Å². The fourth-order valence-electron chi connectivity index (χ4n) is 3.02. The normalized spacial score (nSPS) is 15.4. The van der Waals surface area contributed by atoms with E-state index in [-0.39, 0.29) is 5.91 Å². The Morgan fingerprint density at radius 1 is 1.29 bits per heavy atom. The molecule has 0 unspecified atom stereocenters. The lowest BCUT2D eigenvalue weighted by Gasteiger charge is -2.21. The van der Waals surface area contributed by atoms with Crippen LogP contribution in [0.1, 0.15) is 49.3 Å². The molecule has 1 aliphatic rings. The molecule has 0 radical (unpaired) electrons. The van der Waals surface area contributed by atoms with Gasteiger partial charge in [0, 0.05) is 6.54 Å². The number of carbonyl (C=O) groups excluding carboxylic acids is 1. The second-order valence-electron chi connectivity index (χ2n) is 6.19. The van der Waals surface area contributed by atoms with E-state index in [0.29, 0.717) is 18.3 Å². The van der Waals surface area contributed by atoms with Gasteiger partial charge < -0.3 is 5.32 Å². The zero-order valence-corrected chi connectivity index (χ0v) is 14.8. The molecule has 0 bridgehead atoms. The Bertz CT molecular complexity index is 681. The summed E-state index contributed by atoms with van der Waals surface area (Å²) in [4.78, 5) is 12.1. The lowest BCUT2D eigenvalue weighted by atomic mass is 9.96. The summed E-state index contributed by atoms with van der Waals surface area (Å²) >= 11 is 1.41. The molecule has 0 saturated heterocycles. The maximum Gasteiger partial charge on any atom is 0.230 e. The summed E-state index contributed by atoms with van der Waals surface area (Å²) in [6.45, 7) is 2.61. The first-order valence-corrected chi connectivity index (χ1v) is 9.44. The first-order chi connectivity index (χ1) is 11.7. The van der Waals surface area contributed by atoms with Gasteiger partial charge in [0.25, 0.3) is 0 Å². The second-order valence-corrected chi connectivity index (χ2v) is 7.13. The van der Waals surface area contributed by atoms with E-state index in [1.807, 2.05) is 22.9 Å². The zero-order valence-electron chi connectivity index (χ0n) is 13.9. The molecule has 1 aromatic heterocycles. The summed E-state index contributed by atoms with van der Waals surface area (Å²) in [6.07, 6.45) is 6.00. The number of carbonyl (C=O) groups is 1. The van der Waals surface area contributed by atoms with Gasteiger partial charge in [-0.2, -0.15) is 0 Å². The topological polar surface area (TPSA) is 72.7 Å². The molecule has 0 aliphatic heterocycles. The predicted molar refractivity (Wildman–Crippen MR) is 93.7 cm³/mol. The lowest BCUT2D eigenvalue weighted by Crippen LogP contribution is -2.25. The van der Waals surface area contributed by atoms with Gasteiger partial charge in [-0.15, -0.1) is 5.10 Å². The lowest BCUT2D eigenvalue weighted by molar-refractivity contribution is -0.118. The van der Waals surface area contributed by atoms with Crippen LogP contribution in [0.3, 0.4) is 0 Å². The van der Waals surface area contributed by atoms with E-state index in [1.165, 1.54) is 36.6 Å². The highest BCUT2D eigenvalue weighted by atomic mass is 32.2. The molecule has 128 valence electrons. The predicted octanol–water partition coefficient (Wildman–Crippen LogP) is 2.90. The molecular weight excluding hydrogens is 322 g/mol. The van der Waals surface area contributed by atoms with Crippen molar-refractivity contribution in [3.05, 3.63) is 35.4 Å². The average Bonchev–Trinajstić information content (AvgIpc) is 3.08. The van der Waals surface area contributed by atoms with Crippen LogP contribution in [-0.4, -0.2) is 31.9 Å². The van der Waals surface area contributed by atoms with Gasteiger partial charge in [0.1, 0.15) is 0 Å². The van der Waals surface area contributed by atoms with E-state index in [4.69, 9.17) is 0 Å². The van der Waals surface area contributed by atoms with Crippen molar-refractivity contribution in [1.82, 2.24) is 25.5 Å². The van der Waals surface area contributed by atoms with Crippen LogP contribution in [0.15, 0.2) is 29.4 Å². The minimum atomic E-state index is 0.00134. The summed E-state index contributed by atoms with van der Waals surface area (Å²) in [5, 5.41) is 15.7. The van der Waals surface area contributed by atoms with Crippen molar-refractivity contribution in [3.63, 3.8) is 0 Å². The van der Waals surface area contributed by atoms with E-state index in [9.17, 15) is 4.79 Å². The van der Waals surface area contributed by atoms with Gasteiger partial charge in [-0.1, -0.05) is 55.3 Å². The third kappa shape index (κ3) is 4.35. The first-order valence-electron chi connectivity index (χ1n) is 8.46. The summed E-state index contributed by atoms with van der Waals surface area (Å²) in [6, 6.07) is 8.45. The van der Waals surface area contributed by atoms with Crippen LogP contribution < -0.4 is 5.32 Å². The Morgan fingerprint density at radius 2 is 2.08 bits per heavy atom. The van der Waals surface area contributed by atoms with Crippen molar-refractivity contribution in [2.75, 3.05) is 5.75 Å². The monoisotopic (exact) mass is 345 g/mol. The van der Waals surface area contributed by atoms with Crippen LogP contribution in [-0.2, 0) is 11.3 Å². The number of amides is 1. The number of hydrogen-bond acceptors (Lipinski definition) is 5. The van der Waals surface area contributed by atoms with E-state index in [1.54, 1.807) is 0 Å². The molecule has 1 heterocycles. The van der Waals surface area contributed by atoms with E-state index < -0.39 is 0 Å². The highest BCUT2D eigenvalue weighted by Gasteiger charge is 2.20. The second kappa shape index (κ2) is 8.28. The molecule has 3 rings (SSSR count). The summed E-state index contributed by atoms with van der Waals surface area (Å²) in [5.74, 6) is 0.334. The van der Waals surface area contributed by atoms with E-state index in [0.717, 1.165) is 23.6 Å². The Hall–Kier alpha value is -1.89. The highest BCUT2D eigenvalue weighted by Crippen LogP contribution is 2.30. The Kier molecular flexibility index (Phi) is 5.85. The molecule has 0 atom stereocenters. The minimum absolute atomic E-state index is 0.00134. The number of benzene rings is 1. The van der Waals surface area contributed by atoms with Crippen LogP contribution in [0.2, 0.25) is 0 Å². The number of aryl methyl sites for hydroxylation is 1. The average molecular weight is 345 g/mol. The van der Waals surface area contributed by atoms with Crippen LogP contribution in [0, 0.1) is 6.92 Å². The number of aromatic nitrogens is 4. The molecule has 1 aliphatic carbocycles. The molecule has 7 heteroatoms. The van der Waals surface area contributed by atoms with Crippen molar-refractivity contribution >= 4 is 17.7 Å². The number of hydrogen-bond donors (Lipinski definition) is 1. The van der Waals surface area contributed by atoms with Crippen molar-refractivity contribution in [3.8, 4) is 0 Å². The molecule has 1 saturated carbocycles. The minimum Gasteiger partial charge on any atom is -0.351 e. The van der Waals surface area contributed by atoms with Crippen molar-refractivity contribution < 1.29 is 4.79 Å². The number of thioether (sulfide) groups is 1. The van der Waals surface area contributed by atoms with Gasteiger partial charge in [0.2, 0.25) is 11.1 Å². The SMILES string of the molecule is Cc1ccccc1CNC(=O)CSc1nnnn1C1CCCCC1. The van der Waals surface area contributed by atoms with E-state index in [2.05, 4.69) is 33.8 Å². The fourth-order valence-corrected chi connectivity index (χ4v) is 3.79. The maximum atomic E-state index is 12.1. The molecule has 1 fully saturated rings. The molecule has 1 N–H and O–H groups in total. The fraction of sp³-hybridized carbons (Fsp3) is 0.529. The standard InChI is InChI=1S/C17H23N5OS/c1-13-7-5-6-8-14(13)11-18-16(23)12-24-17-19-20-21-22(17)15-9-3-2-4-10-15/h5-8,15H,2-4,9-12H2,1H3,(H,18,23). The highest BCUT2D eigenvalue weighted by molar-refractivity contribution is 7.99. The third-order valence-corrected chi connectivity index (χ3v) is 5.39. The quantitative estimate of drug-likeness (QED) is 0.815. The third-order valence-electron chi connectivity index (χ3n) is 4.45.